The molecule has 1 heterocycles. The number of carbonyl (C=O) groups excluding carboxylic acids is 1. The molecule has 1 amide bonds. The molecule has 1 aliphatic heterocycles. The van der Waals surface area contributed by atoms with Crippen molar-refractivity contribution in [2.45, 2.75) is 38.5 Å². The number of benzene rings is 1. The van der Waals surface area contributed by atoms with Gasteiger partial charge in [-0.2, -0.15) is 0 Å². The van der Waals surface area contributed by atoms with Gasteiger partial charge < -0.3 is 15.4 Å². The standard InChI is InChI=1S/C19H30N2O2.ClH/c1-18(2,16-7-5-4-6-8-16)13-17(22)21-14-19(15-23-3)9-11-20-12-10-19;/h4-8,20H,9-15H2,1-3H3,(H,21,22);1H. The van der Waals surface area contributed by atoms with E-state index in [0.29, 0.717) is 19.6 Å². The zero-order valence-corrected chi connectivity index (χ0v) is 15.9. The summed E-state index contributed by atoms with van der Waals surface area (Å²) in [5.74, 6) is 0.118. The Hall–Kier alpha value is -1.10. The van der Waals surface area contributed by atoms with E-state index in [-0.39, 0.29) is 29.1 Å². The highest BCUT2D eigenvalue weighted by molar-refractivity contribution is 5.85. The molecule has 0 radical (unpaired) electrons. The molecule has 5 heteroatoms. The van der Waals surface area contributed by atoms with Crippen molar-refractivity contribution >= 4 is 18.3 Å². The lowest BCUT2D eigenvalue weighted by molar-refractivity contribution is -0.123. The molecule has 0 saturated carbocycles. The van der Waals surface area contributed by atoms with E-state index in [2.05, 4.69) is 36.6 Å². The fourth-order valence-electron chi connectivity index (χ4n) is 3.38. The first-order valence-electron chi connectivity index (χ1n) is 8.49. The van der Waals surface area contributed by atoms with E-state index in [1.54, 1.807) is 7.11 Å². The number of nitrogens with one attached hydrogen (secondary N) is 2. The van der Waals surface area contributed by atoms with Crippen LogP contribution in [-0.4, -0.2) is 39.3 Å². The van der Waals surface area contributed by atoms with Crippen molar-refractivity contribution in [2.24, 2.45) is 5.41 Å². The molecule has 1 fully saturated rings. The fraction of sp³-hybridized carbons (Fsp3) is 0.632. The van der Waals surface area contributed by atoms with Gasteiger partial charge >= 0.3 is 0 Å². The molecule has 136 valence electrons. The van der Waals surface area contributed by atoms with Crippen molar-refractivity contribution in [3.05, 3.63) is 35.9 Å². The average molecular weight is 355 g/mol. The number of hydrogen-bond donors (Lipinski definition) is 2. The van der Waals surface area contributed by atoms with Gasteiger partial charge in [-0.15, -0.1) is 12.4 Å². The fourth-order valence-corrected chi connectivity index (χ4v) is 3.38. The van der Waals surface area contributed by atoms with Crippen LogP contribution in [0.15, 0.2) is 30.3 Å². The van der Waals surface area contributed by atoms with Crippen molar-refractivity contribution in [3.63, 3.8) is 0 Å². The summed E-state index contributed by atoms with van der Waals surface area (Å²) in [6.45, 7) is 7.64. The molecular formula is C19H31ClN2O2. The second-order valence-electron chi connectivity index (χ2n) is 7.39. The Morgan fingerprint density at radius 1 is 1.25 bits per heavy atom. The van der Waals surface area contributed by atoms with Gasteiger partial charge in [-0.05, 0) is 36.9 Å². The Morgan fingerprint density at radius 2 is 1.88 bits per heavy atom. The molecule has 0 bridgehead atoms. The summed E-state index contributed by atoms with van der Waals surface area (Å²) in [5, 5.41) is 6.53. The maximum atomic E-state index is 12.5. The van der Waals surface area contributed by atoms with E-state index in [9.17, 15) is 4.79 Å². The van der Waals surface area contributed by atoms with Gasteiger partial charge in [-0.1, -0.05) is 44.2 Å². The number of carbonyl (C=O) groups is 1. The molecule has 1 aliphatic rings. The van der Waals surface area contributed by atoms with Gasteiger partial charge in [0.05, 0.1) is 6.61 Å². The highest BCUT2D eigenvalue weighted by Crippen LogP contribution is 2.29. The van der Waals surface area contributed by atoms with Crippen LogP contribution < -0.4 is 10.6 Å². The van der Waals surface area contributed by atoms with Gasteiger partial charge in [0.1, 0.15) is 0 Å². The van der Waals surface area contributed by atoms with E-state index in [4.69, 9.17) is 4.74 Å². The maximum absolute atomic E-state index is 12.5. The summed E-state index contributed by atoms with van der Waals surface area (Å²) in [5.41, 5.74) is 1.11. The van der Waals surface area contributed by atoms with Crippen LogP contribution in [0.1, 0.15) is 38.7 Å². The van der Waals surface area contributed by atoms with E-state index < -0.39 is 0 Å². The van der Waals surface area contributed by atoms with Crippen molar-refractivity contribution in [1.29, 1.82) is 0 Å². The number of amides is 1. The topological polar surface area (TPSA) is 50.4 Å². The molecule has 0 unspecified atom stereocenters. The molecule has 1 saturated heterocycles. The third-order valence-electron chi connectivity index (χ3n) is 4.93. The SMILES string of the molecule is COCC1(CNC(=O)CC(C)(C)c2ccccc2)CCNCC1.Cl. The van der Waals surface area contributed by atoms with Crippen LogP contribution in [0.25, 0.3) is 0 Å². The molecule has 4 nitrogen and oxygen atoms in total. The van der Waals surface area contributed by atoms with Crippen molar-refractivity contribution in [3.8, 4) is 0 Å². The molecule has 1 aromatic carbocycles. The van der Waals surface area contributed by atoms with Crippen molar-refractivity contribution < 1.29 is 9.53 Å². The second-order valence-corrected chi connectivity index (χ2v) is 7.39. The van der Waals surface area contributed by atoms with Crippen LogP contribution in [0.3, 0.4) is 0 Å². The van der Waals surface area contributed by atoms with E-state index in [1.165, 1.54) is 5.56 Å². The van der Waals surface area contributed by atoms with Crippen molar-refractivity contribution in [1.82, 2.24) is 10.6 Å². The first-order chi connectivity index (χ1) is 11.0. The molecule has 0 aromatic heterocycles. The van der Waals surface area contributed by atoms with E-state index in [0.717, 1.165) is 25.9 Å². The van der Waals surface area contributed by atoms with Crippen LogP contribution in [0.5, 0.6) is 0 Å². The first-order valence-corrected chi connectivity index (χ1v) is 8.49. The zero-order chi connectivity index (χ0) is 16.8. The average Bonchev–Trinajstić information content (AvgIpc) is 2.55. The highest BCUT2D eigenvalue weighted by atomic mass is 35.5. The largest absolute Gasteiger partial charge is 0.384 e. The third-order valence-corrected chi connectivity index (χ3v) is 4.93. The predicted octanol–water partition coefficient (Wildman–Crippen LogP) is 2.91. The zero-order valence-electron chi connectivity index (χ0n) is 15.1. The minimum absolute atomic E-state index is 0. The van der Waals surface area contributed by atoms with Crippen molar-refractivity contribution in [2.75, 3.05) is 33.4 Å². The van der Waals surface area contributed by atoms with Gasteiger partial charge in [-0.3, -0.25) is 4.79 Å². The summed E-state index contributed by atoms with van der Waals surface area (Å²) >= 11 is 0. The molecular weight excluding hydrogens is 324 g/mol. The molecule has 24 heavy (non-hydrogen) atoms. The van der Waals surface area contributed by atoms with Crippen LogP contribution in [0.4, 0.5) is 0 Å². The minimum atomic E-state index is -0.159. The Morgan fingerprint density at radius 3 is 2.46 bits per heavy atom. The second kappa shape index (κ2) is 9.40. The molecule has 2 N–H and O–H groups in total. The number of halogens is 1. The lowest BCUT2D eigenvalue weighted by atomic mass is 9.79. The molecule has 0 spiro atoms. The molecule has 1 aromatic rings. The van der Waals surface area contributed by atoms with Gasteiger partial charge in [-0.25, -0.2) is 0 Å². The lowest BCUT2D eigenvalue weighted by Crippen LogP contribution is -2.47. The Bertz CT molecular complexity index is 494. The Labute approximate surface area is 152 Å². The van der Waals surface area contributed by atoms with Crippen LogP contribution in [0, 0.1) is 5.41 Å². The molecule has 2 rings (SSSR count). The normalized spacial score (nSPS) is 17.0. The summed E-state index contributed by atoms with van der Waals surface area (Å²) in [4.78, 5) is 12.5. The predicted molar refractivity (Wildman–Crippen MR) is 101 cm³/mol. The monoisotopic (exact) mass is 354 g/mol. The van der Waals surface area contributed by atoms with E-state index in [1.807, 2.05) is 18.2 Å². The number of rotatable bonds is 7. The lowest BCUT2D eigenvalue weighted by Gasteiger charge is -2.37. The molecule has 0 atom stereocenters. The van der Waals surface area contributed by atoms with E-state index >= 15 is 0 Å². The van der Waals surface area contributed by atoms with Gasteiger partial charge in [0.15, 0.2) is 0 Å². The summed E-state index contributed by atoms with van der Waals surface area (Å²) in [6.07, 6.45) is 2.59. The number of methoxy groups -OCH3 is 1. The number of hydrogen-bond acceptors (Lipinski definition) is 3. The summed E-state index contributed by atoms with van der Waals surface area (Å²) < 4.78 is 5.41. The van der Waals surface area contributed by atoms with Gasteiger partial charge in [0.2, 0.25) is 5.91 Å². The van der Waals surface area contributed by atoms with Crippen LogP contribution >= 0.6 is 12.4 Å². The molecule has 0 aliphatic carbocycles. The Kier molecular flexibility index (Phi) is 8.20. The van der Waals surface area contributed by atoms with Crippen LogP contribution in [0.2, 0.25) is 0 Å². The highest BCUT2D eigenvalue weighted by Gasteiger charge is 2.33. The Balaban J connectivity index is 0.00000288. The quantitative estimate of drug-likeness (QED) is 0.791. The van der Waals surface area contributed by atoms with Crippen LogP contribution in [-0.2, 0) is 14.9 Å². The maximum Gasteiger partial charge on any atom is 0.220 e. The van der Waals surface area contributed by atoms with Gasteiger partial charge in [0.25, 0.3) is 0 Å². The third kappa shape index (κ3) is 5.76. The summed E-state index contributed by atoms with van der Waals surface area (Å²) in [7, 11) is 1.74. The minimum Gasteiger partial charge on any atom is -0.384 e. The smallest absolute Gasteiger partial charge is 0.220 e. The summed E-state index contributed by atoms with van der Waals surface area (Å²) in [6, 6.07) is 10.2. The van der Waals surface area contributed by atoms with Gasteiger partial charge in [0, 0.05) is 25.5 Å². The first kappa shape index (κ1) is 20.9. The number of ether oxygens (including phenoxy) is 1. The number of piperidine rings is 1.